The van der Waals surface area contributed by atoms with Gasteiger partial charge in [-0.1, -0.05) is 11.3 Å². The number of nitrogens with zero attached hydrogens (tertiary/aromatic N) is 2. The van der Waals surface area contributed by atoms with E-state index in [1.54, 1.807) is 0 Å². The molecule has 1 aliphatic carbocycles. The molecule has 1 amide bonds. The summed E-state index contributed by atoms with van der Waals surface area (Å²) in [7, 11) is 0. The first-order valence-corrected chi connectivity index (χ1v) is 6.88. The average molecular weight is 252 g/mol. The fraction of sp³-hybridized carbons (Fsp3) is 0.636. The Morgan fingerprint density at radius 3 is 2.76 bits per heavy atom. The van der Waals surface area contributed by atoms with Crippen LogP contribution in [-0.4, -0.2) is 34.9 Å². The molecule has 1 saturated heterocycles. The van der Waals surface area contributed by atoms with Gasteiger partial charge in [-0.2, -0.15) is 0 Å². The van der Waals surface area contributed by atoms with Crippen molar-refractivity contribution in [3.63, 3.8) is 0 Å². The minimum atomic E-state index is 0.0429. The number of nitrogens with two attached hydrogens (primary N) is 1. The van der Waals surface area contributed by atoms with Crippen molar-refractivity contribution in [1.82, 2.24) is 9.88 Å². The Bertz CT molecular complexity index is 435. The lowest BCUT2D eigenvalue weighted by atomic mass is 10.4. The molecule has 1 aromatic heterocycles. The summed E-state index contributed by atoms with van der Waals surface area (Å²) in [4.78, 5) is 18.9. The van der Waals surface area contributed by atoms with Crippen molar-refractivity contribution in [2.24, 2.45) is 0 Å². The highest BCUT2D eigenvalue weighted by Gasteiger charge is 2.27. The lowest BCUT2D eigenvalue weighted by Gasteiger charge is -2.13. The number of likely N-dealkylation sites (tertiary alicyclic amines) is 1. The van der Waals surface area contributed by atoms with Gasteiger partial charge in [-0.25, -0.2) is 4.98 Å². The van der Waals surface area contributed by atoms with Crippen LogP contribution in [0.5, 0.6) is 0 Å². The predicted octanol–water partition coefficient (Wildman–Crippen LogP) is 1.54. The van der Waals surface area contributed by atoms with E-state index < -0.39 is 0 Å². The fourth-order valence-electron chi connectivity index (χ4n) is 2.01. The fourth-order valence-corrected chi connectivity index (χ4v) is 2.94. The molecule has 6 heteroatoms. The Labute approximate surface area is 104 Å². The summed E-state index contributed by atoms with van der Waals surface area (Å²) in [5, 5.41) is 4.06. The van der Waals surface area contributed by atoms with Crippen LogP contribution in [0.3, 0.4) is 0 Å². The summed E-state index contributed by atoms with van der Waals surface area (Å²) in [6.07, 6.45) is 4.57. The molecule has 2 aliphatic rings. The van der Waals surface area contributed by atoms with Crippen LogP contribution in [0, 0.1) is 0 Å². The predicted molar refractivity (Wildman–Crippen MR) is 68.3 cm³/mol. The van der Waals surface area contributed by atoms with Crippen molar-refractivity contribution >= 4 is 28.2 Å². The molecule has 0 bridgehead atoms. The summed E-state index contributed by atoms with van der Waals surface area (Å²) in [5.74, 6) is 0.413. The summed E-state index contributed by atoms with van der Waals surface area (Å²) >= 11 is 1.38. The van der Waals surface area contributed by atoms with Crippen LogP contribution in [0.15, 0.2) is 0 Å². The van der Waals surface area contributed by atoms with Crippen molar-refractivity contribution in [2.45, 2.75) is 31.7 Å². The first kappa shape index (κ1) is 10.8. The number of nitrogen functional groups attached to an aromatic ring is 1. The molecule has 2 fully saturated rings. The summed E-state index contributed by atoms with van der Waals surface area (Å²) in [6, 6.07) is 0.537. The minimum Gasteiger partial charge on any atom is -0.382 e. The second-order valence-corrected chi connectivity index (χ2v) is 5.65. The third-order valence-electron chi connectivity index (χ3n) is 3.15. The Kier molecular flexibility index (Phi) is 2.66. The second-order valence-electron chi connectivity index (χ2n) is 4.65. The van der Waals surface area contributed by atoms with Gasteiger partial charge in [0.2, 0.25) is 0 Å². The Balaban J connectivity index is 1.76. The molecule has 5 nitrogen and oxygen atoms in total. The number of carbonyl (C=O) groups excluding carboxylic acids is 1. The molecule has 0 radical (unpaired) electrons. The molecule has 3 rings (SSSR count). The van der Waals surface area contributed by atoms with E-state index in [9.17, 15) is 4.79 Å². The van der Waals surface area contributed by atoms with Gasteiger partial charge >= 0.3 is 0 Å². The van der Waals surface area contributed by atoms with Crippen molar-refractivity contribution in [3.05, 3.63) is 4.88 Å². The minimum absolute atomic E-state index is 0.0429. The molecule has 1 saturated carbocycles. The highest BCUT2D eigenvalue weighted by Crippen LogP contribution is 2.31. The van der Waals surface area contributed by atoms with E-state index in [1.165, 1.54) is 24.2 Å². The summed E-state index contributed by atoms with van der Waals surface area (Å²) < 4.78 is 0. The van der Waals surface area contributed by atoms with Gasteiger partial charge in [0.25, 0.3) is 5.91 Å². The zero-order valence-corrected chi connectivity index (χ0v) is 10.4. The van der Waals surface area contributed by atoms with E-state index in [0.717, 1.165) is 31.1 Å². The topological polar surface area (TPSA) is 71.2 Å². The maximum absolute atomic E-state index is 12.2. The average Bonchev–Trinajstić information content (AvgIpc) is 2.82. The van der Waals surface area contributed by atoms with Crippen LogP contribution in [0.2, 0.25) is 0 Å². The van der Waals surface area contributed by atoms with Crippen LogP contribution in [0.1, 0.15) is 35.4 Å². The van der Waals surface area contributed by atoms with E-state index in [0.29, 0.717) is 16.7 Å². The standard InChI is InChI=1S/C11H16N4OS/c12-9-8(10(16)15-5-1-2-6-15)17-11(14-9)13-7-3-4-7/h7H,1-6,12H2,(H,13,14). The van der Waals surface area contributed by atoms with E-state index in [-0.39, 0.29) is 5.91 Å². The zero-order chi connectivity index (χ0) is 11.8. The van der Waals surface area contributed by atoms with Crippen LogP contribution < -0.4 is 11.1 Å². The summed E-state index contributed by atoms with van der Waals surface area (Å²) in [6.45, 7) is 1.70. The first-order chi connectivity index (χ1) is 8.24. The monoisotopic (exact) mass is 252 g/mol. The second kappa shape index (κ2) is 4.18. The number of thiazole rings is 1. The van der Waals surface area contributed by atoms with Gasteiger partial charge in [-0.05, 0) is 25.7 Å². The number of nitrogens with one attached hydrogen (secondary N) is 1. The van der Waals surface area contributed by atoms with Gasteiger partial charge in [-0.3, -0.25) is 4.79 Å². The van der Waals surface area contributed by atoms with E-state index in [1.807, 2.05) is 4.90 Å². The van der Waals surface area contributed by atoms with Gasteiger partial charge in [0, 0.05) is 19.1 Å². The molecule has 0 aromatic carbocycles. The van der Waals surface area contributed by atoms with Crippen molar-refractivity contribution < 1.29 is 4.79 Å². The molecule has 0 unspecified atom stereocenters. The zero-order valence-electron chi connectivity index (χ0n) is 9.61. The van der Waals surface area contributed by atoms with Crippen molar-refractivity contribution in [1.29, 1.82) is 0 Å². The smallest absolute Gasteiger partial charge is 0.267 e. The van der Waals surface area contributed by atoms with E-state index in [2.05, 4.69) is 10.3 Å². The molecule has 3 N–H and O–H groups in total. The number of hydrogen-bond donors (Lipinski definition) is 2. The van der Waals surface area contributed by atoms with Gasteiger partial charge in [0.05, 0.1) is 0 Å². The quantitative estimate of drug-likeness (QED) is 0.856. The Morgan fingerprint density at radius 2 is 2.12 bits per heavy atom. The number of anilines is 2. The molecule has 17 heavy (non-hydrogen) atoms. The maximum atomic E-state index is 12.2. The van der Waals surface area contributed by atoms with Crippen LogP contribution in [0.4, 0.5) is 10.9 Å². The highest BCUT2D eigenvalue weighted by atomic mass is 32.1. The molecule has 0 spiro atoms. The highest BCUT2D eigenvalue weighted by molar-refractivity contribution is 7.18. The van der Waals surface area contributed by atoms with Crippen LogP contribution >= 0.6 is 11.3 Å². The van der Waals surface area contributed by atoms with Crippen molar-refractivity contribution in [2.75, 3.05) is 24.1 Å². The Hall–Kier alpha value is -1.30. The maximum Gasteiger partial charge on any atom is 0.267 e. The normalized spacial score (nSPS) is 19.6. The van der Waals surface area contributed by atoms with Crippen molar-refractivity contribution in [3.8, 4) is 0 Å². The number of rotatable bonds is 3. The third kappa shape index (κ3) is 2.22. The molecular weight excluding hydrogens is 236 g/mol. The van der Waals surface area contributed by atoms with Gasteiger partial charge in [-0.15, -0.1) is 0 Å². The van der Waals surface area contributed by atoms with Gasteiger partial charge in [0.1, 0.15) is 10.7 Å². The lowest BCUT2D eigenvalue weighted by Crippen LogP contribution is -2.27. The van der Waals surface area contributed by atoms with Crippen LogP contribution in [-0.2, 0) is 0 Å². The van der Waals surface area contributed by atoms with E-state index >= 15 is 0 Å². The SMILES string of the molecule is Nc1nc(NC2CC2)sc1C(=O)N1CCCC1. The number of hydrogen-bond acceptors (Lipinski definition) is 5. The molecule has 2 heterocycles. The largest absolute Gasteiger partial charge is 0.382 e. The molecule has 92 valence electrons. The number of aromatic nitrogens is 1. The molecular formula is C11H16N4OS. The van der Waals surface area contributed by atoms with Gasteiger partial charge in [0.15, 0.2) is 5.13 Å². The Morgan fingerprint density at radius 1 is 1.41 bits per heavy atom. The third-order valence-corrected chi connectivity index (χ3v) is 4.14. The molecule has 1 aromatic rings. The summed E-state index contributed by atoms with van der Waals surface area (Å²) in [5.41, 5.74) is 5.82. The first-order valence-electron chi connectivity index (χ1n) is 6.06. The van der Waals surface area contributed by atoms with Crippen LogP contribution in [0.25, 0.3) is 0 Å². The lowest BCUT2D eigenvalue weighted by molar-refractivity contribution is 0.0798. The van der Waals surface area contributed by atoms with Gasteiger partial charge < -0.3 is 16.0 Å². The van der Waals surface area contributed by atoms with E-state index in [4.69, 9.17) is 5.73 Å². The molecule has 0 atom stereocenters. The number of amides is 1. The number of carbonyl (C=O) groups is 1. The molecule has 1 aliphatic heterocycles.